The molecule has 0 heterocycles. The summed E-state index contributed by atoms with van der Waals surface area (Å²) in [6, 6.07) is 10.00. The summed E-state index contributed by atoms with van der Waals surface area (Å²) < 4.78 is 27.5. The van der Waals surface area contributed by atoms with Gasteiger partial charge in [0.05, 0.1) is 0 Å². The highest BCUT2D eigenvalue weighted by atomic mass is 79.9. The van der Waals surface area contributed by atoms with Gasteiger partial charge in [-0.2, -0.15) is 0 Å². The van der Waals surface area contributed by atoms with E-state index in [-0.39, 0.29) is 0 Å². The summed E-state index contributed by atoms with van der Waals surface area (Å²) in [6.45, 7) is 4.97. The van der Waals surface area contributed by atoms with Crippen molar-refractivity contribution in [1.29, 1.82) is 0 Å². The molecule has 0 saturated carbocycles. The van der Waals surface area contributed by atoms with Crippen LogP contribution in [0.2, 0.25) is 0 Å². The van der Waals surface area contributed by atoms with E-state index in [1.165, 1.54) is 23.9 Å². The summed E-state index contributed by atoms with van der Waals surface area (Å²) in [5.41, 5.74) is 1.15. The molecule has 0 aliphatic rings. The highest BCUT2D eigenvalue weighted by molar-refractivity contribution is 9.10. The minimum absolute atomic E-state index is 0.408. The Balaban J connectivity index is 2.13. The molecule has 1 N–H and O–H groups in total. The number of nitrogens with one attached hydrogen (secondary N) is 1. The predicted octanol–water partition coefficient (Wildman–Crippen LogP) is 5.38. The third-order valence-electron chi connectivity index (χ3n) is 2.82. The van der Waals surface area contributed by atoms with Crippen LogP contribution in [0.15, 0.2) is 50.7 Å². The molecule has 5 heteroatoms. The van der Waals surface area contributed by atoms with E-state index in [1.54, 1.807) is 0 Å². The molecule has 0 amide bonds. The van der Waals surface area contributed by atoms with Gasteiger partial charge in [-0.1, -0.05) is 31.7 Å². The van der Waals surface area contributed by atoms with E-state index in [9.17, 15) is 8.78 Å². The molecular weight excluding hydrogens is 356 g/mol. The van der Waals surface area contributed by atoms with Gasteiger partial charge in [-0.25, -0.2) is 8.78 Å². The van der Waals surface area contributed by atoms with Crippen molar-refractivity contribution in [3.63, 3.8) is 0 Å². The molecule has 21 heavy (non-hydrogen) atoms. The zero-order valence-electron chi connectivity index (χ0n) is 11.8. The Morgan fingerprint density at radius 1 is 1.10 bits per heavy atom. The normalized spacial score (nSPS) is 11.1. The number of hydrogen-bond donors (Lipinski definition) is 1. The minimum atomic E-state index is -0.564. The van der Waals surface area contributed by atoms with Gasteiger partial charge in [0.25, 0.3) is 0 Å². The van der Waals surface area contributed by atoms with Crippen molar-refractivity contribution in [1.82, 2.24) is 5.32 Å². The maximum absolute atomic E-state index is 13.7. The maximum atomic E-state index is 13.7. The Morgan fingerprint density at radius 3 is 2.43 bits per heavy atom. The predicted molar refractivity (Wildman–Crippen MR) is 86.6 cm³/mol. The van der Waals surface area contributed by atoms with Gasteiger partial charge < -0.3 is 5.32 Å². The average Bonchev–Trinajstić information content (AvgIpc) is 2.42. The molecule has 0 radical (unpaired) electrons. The lowest BCUT2D eigenvalue weighted by Crippen LogP contribution is -2.21. The number of rotatable bonds is 5. The zero-order chi connectivity index (χ0) is 15.4. The first kappa shape index (κ1) is 16.5. The third-order valence-corrected chi connectivity index (χ3v) is 4.87. The second kappa shape index (κ2) is 7.38. The van der Waals surface area contributed by atoms with E-state index in [0.29, 0.717) is 10.9 Å². The first-order valence-corrected chi connectivity index (χ1v) is 8.21. The van der Waals surface area contributed by atoms with Gasteiger partial charge in [0, 0.05) is 32.9 Å². The molecular formula is C16H16BrF2NS. The van der Waals surface area contributed by atoms with Crippen LogP contribution in [0.4, 0.5) is 8.78 Å². The fraction of sp³-hybridized carbons (Fsp3) is 0.250. The smallest absolute Gasteiger partial charge is 0.140 e. The second-order valence-corrected chi connectivity index (χ2v) is 6.92. The van der Waals surface area contributed by atoms with E-state index >= 15 is 0 Å². The summed E-state index contributed by atoms with van der Waals surface area (Å²) >= 11 is 4.78. The van der Waals surface area contributed by atoms with Crippen molar-refractivity contribution in [2.24, 2.45) is 0 Å². The topological polar surface area (TPSA) is 12.0 Å². The fourth-order valence-electron chi connectivity index (χ4n) is 1.74. The highest BCUT2D eigenvalue weighted by Crippen LogP contribution is 2.35. The molecule has 2 aromatic carbocycles. The van der Waals surface area contributed by atoms with E-state index in [1.807, 2.05) is 18.2 Å². The van der Waals surface area contributed by atoms with Crippen molar-refractivity contribution in [2.45, 2.75) is 36.2 Å². The molecule has 2 aromatic rings. The van der Waals surface area contributed by atoms with Crippen molar-refractivity contribution in [3.8, 4) is 0 Å². The molecule has 2 rings (SSSR count). The van der Waals surface area contributed by atoms with Crippen molar-refractivity contribution in [2.75, 3.05) is 0 Å². The maximum Gasteiger partial charge on any atom is 0.140 e. The number of benzene rings is 2. The molecule has 0 atom stereocenters. The van der Waals surface area contributed by atoms with Crippen LogP contribution in [-0.2, 0) is 6.54 Å². The average molecular weight is 372 g/mol. The first-order valence-electron chi connectivity index (χ1n) is 6.60. The van der Waals surface area contributed by atoms with E-state index in [0.717, 1.165) is 27.5 Å². The van der Waals surface area contributed by atoms with Crippen LogP contribution in [0.25, 0.3) is 0 Å². The molecule has 0 unspecified atom stereocenters. The van der Waals surface area contributed by atoms with Gasteiger partial charge >= 0.3 is 0 Å². The Hall–Kier alpha value is -0.910. The first-order chi connectivity index (χ1) is 9.95. The molecule has 0 fully saturated rings. The molecule has 0 aliphatic carbocycles. The fourth-order valence-corrected chi connectivity index (χ4v) is 3.23. The summed E-state index contributed by atoms with van der Waals surface area (Å²) in [4.78, 5) is 1.30. The molecule has 0 bridgehead atoms. The monoisotopic (exact) mass is 371 g/mol. The van der Waals surface area contributed by atoms with Crippen LogP contribution in [0.5, 0.6) is 0 Å². The van der Waals surface area contributed by atoms with Crippen LogP contribution in [-0.4, -0.2) is 6.04 Å². The summed E-state index contributed by atoms with van der Waals surface area (Å²) in [5.74, 6) is -1.11. The molecule has 0 aromatic heterocycles. The Labute approximate surface area is 136 Å². The molecule has 0 saturated heterocycles. The van der Waals surface area contributed by atoms with Crippen LogP contribution < -0.4 is 5.32 Å². The highest BCUT2D eigenvalue weighted by Gasteiger charge is 2.09. The van der Waals surface area contributed by atoms with E-state index < -0.39 is 11.6 Å². The van der Waals surface area contributed by atoms with E-state index in [2.05, 4.69) is 35.1 Å². The van der Waals surface area contributed by atoms with Crippen LogP contribution in [0, 0.1) is 11.6 Å². The lowest BCUT2D eigenvalue weighted by atomic mass is 10.2. The van der Waals surface area contributed by atoms with Gasteiger partial charge in [-0.15, -0.1) is 0 Å². The lowest BCUT2D eigenvalue weighted by molar-refractivity contribution is 0.565. The van der Waals surface area contributed by atoms with Crippen molar-refractivity contribution in [3.05, 3.63) is 58.1 Å². The number of halogens is 3. The molecule has 0 aliphatic heterocycles. The SMILES string of the molecule is CC(C)NCc1ccc(Sc2ccc(F)cc2F)c(Br)c1. The number of hydrogen-bond acceptors (Lipinski definition) is 2. The van der Waals surface area contributed by atoms with Crippen molar-refractivity contribution >= 4 is 27.7 Å². The van der Waals surface area contributed by atoms with E-state index in [4.69, 9.17) is 0 Å². The summed E-state index contributed by atoms with van der Waals surface area (Å²) in [5, 5.41) is 3.34. The quantitative estimate of drug-likeness (QED) is 0.757. The largest absolute Gasteiger partial charge is 0.310 e. The third kappa shape index (κ3) is 4.80. The standard InChI is InChI=1S/C16H16BrF2NS/c1-10(2)20-9-11-3-5-15(13(17)7-11)21-16-6-4-12(18)8-14(16)19/h3-8,10,20H,9H2,1-2H3. The van der Waals surface area contributed by atoms with Crippen LogP contribution in [0.1, 0.15) is 19.4 Å². The van der Waals surface area contributed by atoms with Gasteiger partial charge in [0.1, 0.15) is 11.6 Å². The van der Waals surface area contributed by atoms with Crippen molar-refractivity contribution < 1.29 is 8.78 Å². The van der Waals surface area contributed by atoms with Gasteiger partial charge in [-0.3, -0.25) is 0 Å². The Kier molecular flexibility index (Phi) is 5.79. The van der Waals surface area contributed by atoms with Crippen LogP contribution in [0.3, 0.4) is 0 Å². The second-order valence-electron chi connectivity index (χ2n) is 4.98. The molecule has 112 valence electrons. The molecule has 0 spiro atoms. The summed E-state index contributed by atoms with van der Waals surface area (Å²) in [7, 11) is 0. The van der Waals surface area contributed by atoms with Crippen LogP contribution >= 0.6 is 27.7 Å². The molecule has 1 nitrogen and oxygen atoms in total. The Morgan fingerprint density at radius 2 is 1.81 bits per heavy atom. The zero-order valence-corrected chi connectivity index (χ0v) is 14.2. The van der Waals surface area contributed by atoms with Gasteiger partial charge in [-0.05, 0) is 45.8 Å². The summed E-state index contributed by atoms with van der Waals surface area (Å²) in [6.07, 6.45) is 0. The van der Waals surface area contributed by atoms with Gasteiger partial charge in [0.15, 0.2) is 0 Å². The minimum Gasteiger partial charge on any atom is -0.310 e. The van der Waals surface area contributed by atoms with Gasteiger partial charge in [0.2, 0.25) is 0 Å². The Bertz CT molecular complexity index is 632. The lowest BCUT2D eigenvalue weighted by Gasteiger charge is -2.10.